The summed E-state index contributed by atoms with van der Waals surface area (Å²) in [5.41, 5.74) is 2.42. The van der Waals surface area contributed by atoms with Crippen molar-refractivity contribution in [3.8, 4) is 0 Å². The van der Waals surface area contributed by atoms with Crippen LogP contribution in [0, 0.1) is 0 Å². The highest BCUT2D eigenvalue weighted by molar-refractivity contribution is 5.33. The van der Waals surface area contributed by atoms with E-state index in [0.717, 1.165) is 6.42 Å². The van der Waals surface area contributed by atoms with Crippen molar-refractivity contribution in [3.63, 3.8) is 0 Å². The van der Waals surface area contributed by atoms with E-state index in [1.165, 1.54) is 15.7 Å². The molecule has 0 fully saturated rings. The minimum atomic E-state index is -0.107. The summed E-state index contributed by atoms with van der Waals surface area (Å²) in [6.07, 6.45) is 4.20. The van der Waals surface area contributed by atoms with E-state index in [2.05, 4.69) is 46.7 Å². The molecular weight excluding hydrogens is 298 g/mol. The zero-order chi connectivity index (χ0) is 16.8. The molecule has 24 heavy (non-hydrogen) atoms. The van der Waals surface area contributed by atoms with Crippen LogP contribution in [0.15, 0.2) is 77.9 Å². The van der Waals surface area contributed by atoms with Crippen molar-refractivity contribution in [3.05, 3.63) is 94.5 Å². The van der Waals surface area contributed by atoms with Gasteiger partial charge in [0, 0.05) is 31.9 Å². The van der Waals surface area contributed by atoms with Gasteiger partial charge in [0.25, 0.3) is 5.56 Å². The number of aromatic nitrogens is 2. The molecule has 0 saturated carbocycles. The molecule has 1 atom stereocenters. The van der Waals surface area contributed by atoms with Gasteiger partial charge in [0.1, 0.15) is 0 Å². The Kier molecular flexibility index (Phi) is 5.06. The van der Waals surface area contributed by atoms with Crippen LogP contribution in [-0.4, -0.2) is 16.1 Å². The second kappa shape index (κ2) is 7.59. The van der Waals surface area contributed by atoms with Gasteiger partial charge in [-0.2, -0.15) is 0 Å². The molecule has 0 spiro atoms. The molecule has 4 heteroatoms. The van der Waals surface area contributed by atoms with E-state index in [0.29, 0.717) is 12.4 Å². The second-order valence-electron chi connectivity index (χ2n) is 5.87. The summed E-state index contributed by atoms with van der Waals surface area (Å²) in [7, 11) is 1.73. The van der Waals surface area contributed by atoms with Crippen molar-refractivity contribution in [1.29, 1.82) is 0 Å². The van der Waals surface area contributed by atoms with Crippen LogP contribution in [0.5, 0.6) is 0 Å². The van der Waals surface area contributed by atoms with Gasteiger partial charge in [0.2, 0.25) is 0 Å². The summed E-state index contributed by atoms with van der Waals surface area (Å²) in [5, 5.41) is 3.23. The third-order valence-corrected chi connectivity index (χ3v) is 4.13. The molecule has 0 aliphatic heterocycles. The molecule has 0 saturated heterocycles. The average Bonchev–Trinajstić information content (AvgIpc) is 2.63. The monoisotopic (exact) mass is 319 g/mol. The molecule has 4 nitrogen and oxygen atoms in total. The summed E-state index contributed by atoms with van der Waals surface area (Å²) in [6, 6.07) is 20.8. The number of hydrogen-bond donors (Lipinski definition) is 1. The lowest BCUT2D eigenvalue weighted by Gasteiger charge is -2.18. The van der Waals surface area contributed by atoms with Crippen LogP contribution < -0.4 is 10.9 Å². The number of hydrogen-bond acceptors (Lipinski definition) is 3. The zero-order valence-electron chi connectivity index (χ0n) is 13.7. The maximum atomic E-state index is 12.1. The van der Waals surface area contributed by atoms with Crippen molar-refractivity contribution in [2.75, 3.05) is 11.9 Å². The van der Waals surface area contributed by atoms with Gasteiger partial charge in [-0.05, 0) is 17.5 Å². The standard InChI is InChI=1S/C20H21N3O/c1-23-13-12-21-19(20(23)24)22-15-18(17-10-6-3-7-11-17)14-16-8-4-2-5-9-16/h2-13,18H,14-15H2,1H3,(H,21,22)/t18-/m1/s1. The Morgan fingerprint density at radius 3 is 2.42 bits per heavy atom. The van der Waals surface area contributed by atoms with Crippen molar-refractivity contribution in [1.82, 2.24) is 9.55 Å². The van der Waals surface area contributed by atoms with Crippen LogP contribution in [0.3, 0.4) is 0 Å². The number of rotatable bonds is 6. The van der Waals surface area contributed by atoms with Crippen LogP contribution in [0.1, 0.15) is 17.0 Å². The highest BCUT2D eigenvalue weighted by atomic mass is 16.1. The van der Waals surface area contributed by atoms with Crippen molar-refractivity contribution >= 4 is 5.82 Å². The van der Waals surface area contributed by atoms with Crippen LogP contribution in [0.2, 0.25) is 0 Å². The molecule has 0 bridgehead atoms. The fourth-order valence-electron chi connectivity index (χ4n) is 2.77. The third-order valence-electron chi connectivity index (χ3n) is 4.13. The fraction of sp³-hybridized carbons (Fsp3) is 0.200. The van der Waals surface area contributed by atoms with Crippen molar-refractivity contribution < 1.29 is 0 Å². The molecule has 0 aliphatic rings. The van der Waals surface area contributed by atoms with E-state index < -0.39 is 0 Å². The molecule has 2 aromatic carbocycles. The Labute approximate surface area is 141 Å². The average molecular weight is 319 g/mol. The van der Waals surface area contributed by atoms with E-state index >= 15 is 0 Å². The molecule has 1 N–H and O–H groups in total. The van der Waals surface area contributed by atoms with Gasteiger partial charge in [-0.15, -0.1) is 0 Å². The van der Waals surface area contributed by atoms with Gasteiger partial charge in [-0.3, -0.25) is 4.79 Å². The molecule has 3 rings (SSSR count). The largest absolute Gasteiger partial charge is 0.365 e. The Morgan fingerprint density at radius 1 is 1.04 bits per heavy atom. The molecule has 0 amide bonds. The molecular formula is C20H21N3O. The predicted octanol–water partition coefficient (Wildman–Crippen LogP) is 3.22. The summed E-state index contributed by atoms with van der Waals surface area (Å²) in [4.78, 5) is 16.3. The first-order valence-corrected chi connectivity index (χ1v) is 8.08. The number of anilines is 1. The topological polar surface area (TPSA) is 46.9 Å². The predicted molar refractivity (Wildman–Crippen MR) is 97.3 cm³/mol. The first kappa shape index (κ1) is 16.0. The Hall–Kier alpha value is -2.88. The van der Waals surface area contributed by atoms with Crippen molar-refractivity contribution in [2.24, 2.45) is 7.05 Å². The molecule has 3 aromatic rings. The summed E-state index contributed by atoms with van der Waals surface area (Å²) >= 11 is 0. The molecule has 0 unspecified atom stereocenters. The van der Waals surface area contributed by atoms with Crippen LogP contribution in [0.4, 0.5) is 5.82 Å². The highest BCUT2D eigenvalue weighted by Crippen LogP contribution is 2.21. The number of nitrogens with zero attached hydrogens (tertiary/aromatic N) is 2. The van der Waals surface area contributed by atoms with Gasteiger partial charge >= 0.3 is 0 Å². The lowest BCUT2D eigenvalue weighted by atomic mass is 9.92. The maximum Gasteiger partial charge on any atom is 0.293 e. The molecule has 0 aliphatic carbocycles. The third kappa shape index (κ3) is 3.90. The molecule has 0 radical (unpaired) electrons. The normalized spacial score (nSPS) is 11.9. The maximum absolute atomic E-state index is 12.1. The van der Waals surface area contributed by atoms with E-state index in [4.69, 9.17) is 0 Å². The minimum absolute atomic E-state index is 0.107. The van der Waals surface area contributed by atoms with Crippen LogP contribution in [-0.2, 0) is 13.5 Å². The Bertz CT molecular complexity index is 828. The van der Waals surface area contributed by atoms with Crippen LogP contribution in [0.25, 0.3) is 0 Å². The van der Waals surface area contributed by atoms with Gasteiger partial charge in [-0.25, -0.2) is 4.98 Å². The van der Waals surface area contributed by atoms with E-state index in [-0.39, 0.29) is 11.5 Å². The van der Waals surface area contributed by atoms with Crippen molar-refractivity contribution in [2.45, 2.75) is 12.3 Å². The molecule has 1 aromatic heterocycles. The number of aryl methyl sites for hydroxylation is 1. The zero-order valence-corrected chi connectivity index (χ0v) is 13.7. The van der Waals surface area contributed by atoms with E-state index in [1.807, 2.05) is 24.3 Å². The number of benzene rings is 2. The smallest absolute Gasteiger partial charge is 0.293 e. The van der Waals surface area contributed by atoms with Crippen LogP contribution >= 0.6 is 0 Å². The quantitative estimate of drug-likeness (QED) is 0.759. The second-order valence-corrected chi connectivity index (χ2v) is 5.87. The SMILES string of the molecule is Cn1ccnc(NC[C@@H](Cc2ccccc2)c2ccccc2)c1=O. The molecule has 122 valence electrons. The van der Waals surface area contributed by atoms with Gasteiger partial charge in [-0.1, -0.05) is 60.7 Å². The molecule has 1 heterocycles. The van der Waals surface area contributed by atoms with E-state index in [9.17, 15) is 4.79 Å². The number of nitrogens with one attached hydrogen (secondary N) is 1. The fourth-order valence-corrected chi connectivity index (χ4v) is 2.77. The highest BCUT2D eigenvalue weighted by Gasteiger charge is 2.13. The first-order chi connectivity index (χ1) is 11.7. The summed E-state index contributed by atoms with van der Waals surface area (Å²) in [6.45, 7) is 0.658. The Morgan fingerprint density at radius 2 is 1.71 bits per heavy atom. The first-order valence-electron chi connectivity index (χ1n) is 8.08. The van der Waals surface area contributed by atoms with Gasteiger partial charge in [0.05, 0.1) is 0 Å². The summed E-state index contributed by atoms with van der Waals surface area (Å²) < 4.78 is 1.53. The van der Waals surface area contributed by atoms with Gasteiger partial charge in [0.15, 0.2) is 5.82 Å². The lowest BCUT2D eigenvalue weighted by Crippen LogP contribution is -2.25. The lowest BCUT2D eigenvalue weighted by molar-refractivity contribution is 0.711. The Balaban J connectivity index is 1.80. The summed E-state index contributed by atoms with van der Waals surface area (Å²) in [5.74, 6) is 0.661. The van der Waals surface area contributed by atoms with E-state index in [1.54, 1.807) is 19.4 Å². The minimum Gasteiger partial charge on any atom is -0.365 e. The van der Waals surface area contributed by atoms with Gasteiger partial charge < -0.3 is 9.88 Å².